The van der Waals surface area contributed by atoms with Gasteiger partial charge in [0.1, 0.15) is 11.2 Å². The molecule has 53 heavy (non-hydrogen) atoms. The van der Waals surface area contributed by atoms with E-state index in [9.17, 15) is 0 Å². The number of nitrogens with zero attached hydrogens (tertiary/aromatic N) is 2. The van der Waals surface area contributed by atoms with Gasteiger partial charge in [0.2, 0.25) is 0 Å². The summed E-state index contributed by atoms with van der Waals surface area (Å²) >= 11 is 0. The zero-order valence-electron chi connectivity index (χ0n) is 28.8. The molecule has 2 heterocycles. The lowest BCUT2D eigenvalue weighted by molar-refractivity contribution is 0.670. The minimum absolute atomic E-state index is 0.693. The maximum atomic E-state index is 6.72. The minimum Gasteiger partial charge on any atom is -0.455 e. The summed E-state index contributed by atoms with van der Waals surface area (Å²) in [4.78, 5) is 10.3. The molecule has 0 bridgehead atoms. The number of furan rings is 1. The highest BCUT2D eigenvalue weighted by Crippen LogP contribution is 2.43. The van der Waals surface area contributed by atoms with E-state index in [1.807, 2.05) is 24.3 Å². The first kappa shape index (κ1) is 30.7. The molecule has 0 saturated heterocycles. The summed E-state index contributed by atoms with van der Waals surface area (Å²) in [5.74, 6) is 0.693. The van der Waals surface area contributed by atoms with Crippen molar-refractivity contribution < 1.29 is 4.42 Å². The average molecular weight is 677 g/mol. The first-order valence-electron chi connectivity index (χ1n) is 17.9. The van der Waals surface area contributed by atoms with Crippen molar-refractivity contribution in [1.82, 2.24) is 9.97 Å². The van der Waals surface area contributed by atoms with E-state index in [1.165, 1.54) is 10.8 Å². The van der Waals surface area contributed by atoms with Crippen molar-refractivity contribution in [1.29, 1.82) is 0 Å². The molecule has 0 amide bonds. The van der Waals surface area contributed by atoms with Gasteiger partial charge in [0.05, 0.1) is 11.4 Å². The van der Waals surface area contributed by atoms with Gasteiger partial charge in [0.25, 0.3) is 0 Å². The Balaban J connectivity index is 1.26. The van der Waals surface area contributed by atoms with Crippen LogP contribution in [-0.2, 0) is 0 Å². The Morgan fingerprint density at radius 1 is 0.340 bits per heavy atom. The predicted octanol–water partition coefficient (Wildman–Crippen LogP) is 13.5. The second-order valence-electron chi connectivity index (χ2n) is 13.4. The SMILES string of the molecule is c1ccc(-c2cc(-c3cc(-c4ccccc4)c4oc5ccc6ccccc6c5c4c3)cc(-c3cc(-c4ccccc4)nc(-c4ccccc4)n3)c2)cc1. The topological polar surface area (TPSA) is 38.9 Å². The molecule has 3 heteroatoms. The molecule has 0 N–H and O–H groups in total. The van der Waals surface area contributed by atoms with Crippen LogP contribution in [0.25, 0.3) is 100.0 Å². The molecule has 0 radical (unpaired) electrons. The molecule has 0 fully saturated rings. The minimum atomic E-state index is 0.693. The van der Waals surface area contributed by atoms with Crippen molar-refractivity contribution in [2.75, 3.05) is 0 Å². The Kier molecular flexibility index (Phi) is 7.47. The van der Waals surface area contributed by atoms with Crippen LogP contribution in [0.4, 0.5) is 0 Å². The van der Waals surface area contributed by atoms with Crippen LogP contribution in [0.3, 0.4) is 0 Å². The molecule has 0 unspecified atom stereocenters. The fraction of sp³-hybridized carbons (Fsp3) is 0. The molecule has 0 aliphatic rings. The lowest BCUT2D eigenvalue weighted by Crippen LogP contribution is -1.96. The van der Waals surface area contributed by atoms with Gasteiger partial charge in [-0.15, -0.1) is 0 Å². The van der Waals surface area contributed by atoms with E-state index in [2.05, 4.69) is 170 Å². The number of rotatable bonds is 6. The van der Waals surface area contributed by atoms with Crippen molar-refractivity contribution in [3.63, 3.8) is 0 Å². The molecule has 10 aromatic rings. The number of hydrogen-bond donors (Lipinski definition) is 0. The maximum absolute atomic E-state index is 6.72. The summed E-state index contributed by atoms with van der Waals surface area (Å²) in [6.07, 6.45) is 0. The van der Waals surface area contributed by atoms with Crippen molar-refractivity contribution in [3.05, 3.63) is 194 Å². The molecular formula is C50H32N2O. The summed E-state index contributed by atoms with van der Waals surface area (Å²) in [6.45, 7) is 0. The largest absolute Gasteiger partial charge is 0.455 e. The number of hydrogen-bond acceptors (Lipinski definition) is 3. The van der Waals surface area contributed by atoms with E-state index in [4.69, 9.17) is 14.4 Å². The third-order valence-corrected chi connectivity index (χ3v) is 10.0. The fourth-order valence-electron chi connectivity index (χ4n) is 7.46. The summed E-state index contributed by atoms with van der Waals surface area (Å²) < 4.78 is 6.72. The zero-order chi connectivity index (χ0) is 35.1. The Bertz CT molecular complexity index is 2860. The number of aromatic nitrogens is 2. The highest BCUT2D eigenvalue weighted by atomic mass is 16.3. The molecule has 10 rings (SSSR count). The Morgan fingerprint density at radius 3 is 1.57 bits per heavy atom. The van der Waals surface area contributed by atoms with E-state index in [0.717, 1.165) is 83.4 Å². The van der Waals surface area contributed by atoms with Gasteiger partial charge in [-0.2, -0.15) is 0 Å². The van der Waals surface area contributed by atoms with Gasteiger partial charge in [-0.3, -0.25) is 0 Å². The quantitative estimate of drug-likeness (QED) is 0.176. The van der Waals surface area contributed by atoms with E-state index < -0.39 is 0 Å². The van der Waals surface area contributed by atoms with E-state index >= 15 is 0 Å². The Hall–Kier alpha value is -7.10. The zero-order valence-corrected chi connectivity index (χ0v) is 28.8. The standard InChI is InChI=1S/C50H32N2O/c1-5-15-33(16-6-1)38-27-39(29-41(28-38)46-32-45(36-20-9-3-10-21-36)51-50(52-46)37-22-11-4-12-23-37)40-30-43(34-17-7-2-8-18-34)49-44(31-40)48-42-24-14-13-19-35(42)25-26-47(48)53-49/h1-32H. The first-order chi connectivity index (χ1) is 26.2. The van der Waals surface area contributed by atoms with Crippen LogP contribution in [0, 0.1) is 0 Å². The van der Waals surface area contributed by atoms with Gasteiger partial charge in [-0.25, -0.2) is 9.97 Å². The van der Waals surface area contributed by atoms with Crippen molar-refractivity contribution >= 4 is 32.7 Å². The Morgan fingerprint density at radius 2 is 0.868 bits per heavy atom. The van der Waals surface area contributed by atoms with Crippen LogP contribution in [0.2, 0.25) is 0 Å². The van der Waals surface area contributed by atoms with Gasteiger partial charge in [-0.05, 0) is 81.1 Å². The monoisotopic (exact) mass is 676 g/mol. The fourth-order valence-corrected chi connectivity index (χ4v) is 7.46. The normalized spacial score (nSPS) is 11.4. The van der Waals surface area contributed by atoms with Gasteiger partial charge in [-0.1, -0.05) is 152 Å². The summed E-state index contributed by atoms with van der Waals surface area (Å²) in [7, 11) is 0. The maximum Gasteiger partial charge on any atom is 0.160 e. The third-order valence-electron chi connectivity index (χ3n) is 10.0. The molecule has 248 valence electrons. The first-order valence-corrected chi connectivity index (χ1v) is 17.9. The van der Waals surface area contributed by atoms with Crippen LogP contribution in [-0.4, -0.2) is 9.97 Å². The van der Waals surface area contributed by atoms with Crippen molar-refractivity contribution in [2.24, 2.45) is 0 Å². The molecule has 0 atom stereocenters. The van der Waals surface area contributed by atoms with E-state index in [0.29, 0.717) is 5.82 Å². The second-order valence-corrected chi connectivity index (χ2v) is 13.4. The smallest absolute Gasteiger partial charge is 0.160 e. The van der Waals surface area contributed by atoms with Crippen LogP contribution < -0.4 is 0 Å². The summed E-state index contributed by atoms with van der Waals surface area (Å²) in [5, 5.41) is 4.60. The molecule has 0 saturated carbocycles. The predicted molar refractivity (Wildman–Crippen MR) is 219 cm³/mol. The molecule has 0 aliphatic carbocycles. The van der Waals surface area contributed by atoms with E-state index in [1.54, 1.807) is 0 Å². The number of fused-ring (bicyclic) bond motifs is 5. The molecule has 0 spiro atoms. The van der Waals surface area contributed by atoms with Crippen LogP contribution in [0.5, 0.6) is 0 Å². The second kappa shape index (κ2) is 12.9. The molecule has 2 aromatic heterocycles. The average Bonchev–Trinajstić information content (AvgIpc) is 3.63. The number of benzene rings is 8. The molecule has 0 aliphatic heterocycles. The van der Waals surface area contributed by atoms with E-state index in [-0.39, 0.29) is 0 Å². The molecule has 8 aromatic carbocycles. The third kappa shape index (κ3) is 5.65. The highest BCUT2D eigenvalue weighted by Gasteiger charge is 2.19. The Labute approximate surface area is 307 Å². The summed E-state index contributed by atoms with van der Waals surface area (Å²) in [5.41, 5.74) is 13.2. The van der Waals surface area contributed by atoms with Gasteiger partial charge < -0.3 is 4.42 Å². The van der Waals surface area contributed by atoms with Crippen molar-refractivity contribution in [2.45, 2.75) is 0 Å². The van der Waals surface area contributed by atoms with Gasteiger partial charge in [0, 0.05) is 33.0 Å². The van der Waals surface area contributed by atoms with Crippen LogP contribution in [0.15, 0.2) is 199 Å². The lowest BCUT2D eigenvalue weighted by atomic mass is 9.91. The van der Waals surface area contributed by atoms with Crippen LogP contribution in [0.1, 0.15) is 0 Å². The molecule has 3 nitrogen and oxygen atoms in total. The van der Waals surface area contributed by atoms with Crippen molar-refractivity contribution in [3.8, 4) is 67.3 Å². The highest BCUT2D eigenvalue weighted by molar-refractivity contribution is 6.21. The molecular weight excluding hydrogens is 645 g/mol. The van der Waals surface area contributed by atoms with Gasteiger partial charge in [0.15, 0.2) is 5.82 Å². The summed E-state index contributed by atoms with van der Waals surface area (Å²) in [6, 6.07) is 68.0. The van der Waals surface area contributed by atoms with Gasteiger partial charge >= 0.3 is 0 Å². The van der Waals surface area contributed by atoms with Crippen LogP contribution >= 0.6 is 0 Å². The lowest BCUT2D eigenvalue weighted by Gasteiger charge is -2.14.